The number of rotatable bonds is 0. The van der Waals surface area contributed by atoms with E-state index in [9.17, 15) is 0 Å². The first-order chi connectivity index (χ1) is 5.43. The summed E-state index contributed by atoms with van der Waals surface area (Å²) in [5.74, 6) is 0. The lowest BCUT2D eigenvalue weighted by molar-refractivity contribution is 0.624. The van der Waals surface area contributed by atoms with Gasteiger partial charge in [-0.05, 0) is 31.3 Å². The van der Waals surface area contributed by atoms with Gasteiger partial charge >= 0.3 is 0 Å². The SMILES string of the molecule is C=C=C1CCCCCCCC1. The Morgan fingerprint density at radius 3 is 1.73 bits per heavy atom. The van der Waals surface area contributed by atoms with Crippen LogP contribution in [0.5, 0.6) is 0 Å². The summed E-state index contributed by atoms with van der Waals surface area (Å²) in [6.07, 6.45) is 10.9. The maximum absolute atomic E-state index is 3.73. The van der Waals surface area contributed by atoms with Crippen LogP contribution < -0.4 is 0 Å². The summed E-state index contributed by atoms with van der Waals surface area (Å²) in [5.41, 5.74) is 4.53. The molecule has 0 aliphatic heterocycles. The zero-order valence-corrected chi connectivity index (χ0v) is 7.36. The molecule has 0 heteroatoms. The molecule has 1 fully saturated rings. The van der Waals surface area contributed by atoms with Crippen LogP contribution in [0.3, 0.4) is 0 Å². The normalized spacial score (nSPS) is 21.3. The molecule has 0 bridgehead atoms. The lowest BCUT2D eigenvalue weighted by Crippen LogP contribution is -1.81. The van der Waals surface area contributed by atoms with Gasteiger partial charge in [-0.15, -0.1) is 5.73 Å². The quantitative estimate of drug-likeness (QED) is 0.460. The van der Waals surface area contributed by atoms with E-state index in [0.717, 1.165) is 0 Å². The topological polar surface area (TPSA) is 0 Å². The third-order valence-corrected chi connectivity index (χ3v) is 2.46. The van der Waals surface area contributed by atoms with Gasteiger partial charge in [-0.1, -0.05) is 32.3 Å². The van der Waals surface area contributed by atoms with E-state index in [4.69, 9.17) is 0 Å². The summed E-state index contributed by atoms with van der Waals surface area (Å²) in [6, 6.07) is 0. The summed E-state index contributed by atoms with van der Waals surface area (Å²) in [4.78, 5) is 0. The van der Waals surface area contributed by atoms with Crippen LogP contribution >= 0.6 is 0 Å². The molecule has 0 amide bonds. The summed E-state index contributed by atoms with van der Waals surface area (Å²) < 4.78 is 0. The second kappa shape index (κ2) is 5.21. The molecule has 1 saturated carbocycles. The molecule has 0 aromatic rings. The van der Waals surface area contributed by atoms with E-state index in [0.29, 0.717) is 0 Å². The highest BCUT2D eigenvalue weighted by Crippen LogP contribution is 2.19. The second-order valence-electron chi connectivity index (χ2n) is 3.40. The van der Waals surface area contributed by atoms with Gasteiger partial charge in [-0.25, -0.2) is 0 Å². The van der Waals surface area contributed by atoms with Crippen molar-refractivity contribution in [1.82, 2.24) is 0 Å². The van der Waals surface area contributed by atoms with Crippen molar-refractivity contribution in [1.29, 1.82) is 0 Å². The molecule has 0 nitrogen and oxygen atoms in total. The predicted molar refractivity (Wildman–Crippen MR) is 49.6 cm³/mol. The van der Waals surface area contributed by atoms with Crippen LogP contribution in [0.4, 0.5) is 0 Å². The van der Waals surface area contributed by atoms with E-state index in [1.54, 1.807) is 0 Å². The van der Waals surface area contributed by atoms with Gasteiger partial charge in [0.05, 0.1) is 0 Å². The molecule has 0 unspecified atom stereocenters. The molecule has 0 aromatic heterocycles. The Bertz CT molecular complexity index is 137. The maximum atomic E-state index is 3.73. The molecule has 0 spiro atoms. The number of allylic oxidation sites excluding steroid dienone is 1. The van der Waals surface area contributed by atoms with Crippen molar-refractivity contribution < 1.29 is 0 Å². The number of hydrogen-bond donors (Lipinski definition) is 0. The fourth-order valence-corrected chi connectivity index (χ4v) is 1.69. The fraction of sp³-hybridized carbons (Fsp3) is 0.727. The third kappa shape index (κ3) is 3.43. The molecule has 0 radical (unpaired) electrons. The van der Waals surface area contributed by atoms with Crippen LogP contribution in [0.1, 0.15) is 51.4 Å². The molecule has 0 atom stereocenters. The van der Waals surface area contributed by atoms with E-state index < -0.39 is 0 Å². The van der Waals surface area contributed by atoms with Gasteiger partial charge in [0.2, 0.25) is 0 Å². The summed E-state index contributed by atoms with van der Waals surface area (Å²) in [7, 11) is 0. The number of hydrogen-bond acceptors (Lipinski definition) is 0. The molecule has 1 aliphatic rings. The maximum Gasteiger partial charge on any atom is -0.0244 e. The second-order valence-corrected chi connectivity index (χ2v) is 3.40. The van der Waals surface area contributed by atoms with Gasteiger partial charge < -0.3 is 0 Å². The Balaban J connectivity index is 2.37. The van der Waals surface area contributed by atoms with Gasteiger partial charge in [-0.2, -0.15) is 0 Å². The Labute approximate surface area is 70.0 Å². The highest BCUT2D eigenvalue weighted by Gasteiger charge is 2.00. The Morgan fingerprint density at radius 1 is 0.818 bits per heavy atom. The lowest BCUT2D eigenvalue weighted by Gasteiger charge is -1.99. The third-order valence-electron chi connectivity index (χ3n) is 2.46. The van der Waals surface area contributed by atoms with E-state index in [-0.39, 0.29) is 0 Å². The Morgan fingerprint density at radius 2 is 1.27 bits per heavy atom. The molecule has 0 aromatic carbocycles. The van der Waals surface area contributed by atoms with Crippen molar-refractivity contribution in [2.75, 3.05) is 0 Å². The van der Waals surface area contributed by atoms with Gasteiger partial charge in [0.25, 0.3) is 0 Å². The monoisotopic (exact) mass is 150 g/mol. The van der Waals surface area contributed by atoms with Crippen LogP contribution in [-0.2, 0) is 0 Å². The molecule has 62 valence electrons. The minimum Gasteiger partial charge on any atom is -0.130 e. The summed E-state index contributed by atoms with van der Waals surface area (Å²) >= 11 is 0. The van der Waals surface area contributed by atoms with Crippen LogP contribution in [0, 0.1) is 0 Å². The zero-order valence-electron chi connectivity index (χ0n) is 7.36. The molecule has 0 N–H and O–H groups in total. The van der Waals surface area contributed by atoms with Crippen LogP contribution in [-0.4, -0.2) is 0 Å². The fourth-order valence-electron chi connectivity index (χ4n) is 1.69. The smallest absolute Gasteiger partial charge is 0.0244 e. The first kappa shape index (κ1) is 8.62. The van der Waals surface area contributed by atoms with Crippen molar-refractivity contribution in [3.8, 4) is 0 Å². The van der Waals surface area contributed by atoms with Crippen molar-refractivity contribution in [3.63, 3.8) is 0 Å². The Hall–Kier alpha value is -0.480. The first-order valence-electron chi connectivity index (χ1n) is 4.81. The molecule has 1 rings (SSSR count). The van der Waals surface area contributed by atoms with Gasteiger partial charge in [0, 0.05) is 0 Å². The highest BCUT2D eigenvalue weighted by atomic mass is 14.1. The molecule has 1 aliphatic carbocycles. The van der Waals surface area contributed by atoms with Crippen LogP contribution in [0.25, 0.3) is 0 Å². The van der Waals surface area contributed by atoms with Gasteiger partial charge in [0.15, 0.2) is 0 Å². The van der Waals surface area contributed by atoms with Gasteiger partial charge in [0.1, 0.15) is 0 Å². The van der Waals surface area contributed by atoms with E-state index in [1.807, 2.05) is 0 Å². The minimum atomic E-state index is 1.25. The zero-order chi connectivity index (χ0) is 7.94. The molecular formula is C11H18. The molecule has 0 heterocycles. The lowest BCUT2D eigenvalue weighted by atomic mass is 10.1. The van der Waals surface area contributed by atoms with Crippen molar-refractivity contribution in [2.24, 2.45) is 0 Å². The predicted octanol–water partition coefficient (Wildman–Crippen LogP) is 3.83. The van der Waals surface area contributed by atoms with E-state index in [2.05, 4.69) is 12.3 Å². The molecule has 11 heavy (non-hydrogen) atoms. The average Bonchev–Trinajstić information content (AvgIpc) is 2.16. The first-order valence-corrected chi connectivity index (χ1v) is 4.81. The van der Waals surface area contributed by atoms with Crippen molar-refractivity contribution >= 4 is 0 Å². The van der Waals surface area contributed by atoms with Crippen molar-refractivity contribution in [3.05, 3.63) is 17.9 Å². The summed E-state index contributed by atoms with van der Waals surface area (Å²) in [5, 5.41) is 0. The van der Waals surface area contributed by atoms with Crippen molar-refractivity contribution in [2.45, 2.75) is 51.4 Å². The largest absolute Gasteiger partial charge is 0.130 e. The standard InChI is InChI=1S/C11H18/c1-2-11-9-7-5-3-4-6-8-10-11/h1,3-10H2. The van der Waals surface area contributed by atoms with Crippen LogP contribution in [0.15, 0.2) is 17.9 Å². The molecule has 0 saturated heterocycles. The van der Waals surface area contributed by atoms with Crippen LogP contribution in [0.2, 0.25) is 0 Å². The van der Waals surface area contributed by atoms with E-state index >= 15 is 0 Å². The average molecular weight is 150 g/mol. The summed E-state index contributed by atoms with van der Waals surface area (Å²) in [6.45, 7) is 3.73. The Kier molecular flexibility index (Phi) is 4.08. The molecular weight excluding hydrogens is 132 g/mol. The minimum absolute atomic E-state index is 1.25. The van der Waals surface area contributed by atoms with E-state index in [1.165, 1.54) is 56.9 Å². The highest BCUT2D eigenvalue weighted by molar-refractivity contribution is 4.98. The van der Waals surface area contributed by atoms with Gasteiger partial charge in [-0.3, -0.25) is 0 Å².